The van der Waals surface area contributed by atoms with Gasteiger partial charge in [-0.1, -0.05) is 51.3 Å². The minimum absolute atomic E-state index is 0.218. The molecule has 1 fully saturated rings. The smallest absolute Gasteiger partial charge is 0.227 e. The van der Waals surface area contributed by atoms with Gasteiger partial charge in [-0.05, 0) is 36.8 Å². The Morgan fingerprint density at radius 1 is 1.26 bits per heavy atom. The summed E-state index contributed by atoms with van der Waals surface area (Å²) in [5.41, 5.74) is 2.27. The Bertz CT molecular complexity index is 421. The van der Waals surface area contributed by atoms with Crippen LogP contribution in [0.15, 0.2) is 24.3 Å². The minimum Gasteiger partial charge on any atom is -0.326 e. The lowest BCUT2D eigenvalue weighted by atomic mass is 9.88. The van der Waals surface area contributed by atoms with Gasteiger partial charge in [-0.3, -0.25) is 4.79 Å². The molecule has 2 rings (SSSR count). The third-order valence-electron chi connectivity index (χ3n) is 4.34. The van der Waals surface area contributed by atoms with E-state index in [9.17, 15) is 4.79 Å². The van der Waals surface area contributed by atoms with Crippen molar-refractivity contribution in [2.45, 2.75) is 58.3 Å². The predicted octanol–water partition coefficient (Wildman–Crippen LogP) is 4.72. The number of para-hydroxylation sites is 1. The molecular formula is C17H25NO. The maximum absolute atomic E-state index is 12.3. The van der Waals surface area contributed by atoms with Gasteiger partial charge in [0.05, 0.1) is 0 Å². The summed E-state index contributed by atoms with van der Waals surface area (Å²) in [5.74, 6) is 0.928. The second kappa shape index (κ2) is 6.74. The lowest BCUT2D eigenvalue weighted by Crippen LogP contribution is -2.25. The lowest BCUT2D eigenvalue weighted by Gasteiger charge is -2.22. The Balaban J connectivity index is 2.07. The fraction of sp³-hybridized carbons (Fsp3) is 0.588. The number of benzene rings is 1. The first-order chi connectivity index (χ1) is 9.22. The highest BCUT2D eigenvalue weighted by atomic mass is 16.1. The van der Waals surface area contributed by atoms with Crippen LogP contribution in [0.4, 0.5) is 5.69 Å². The Morgan fingerprint density at radius 3 is 2.63 bits per heavy atom. The van der Waals surface area contributed by atoms with Crippen molar-refractivity contribution in [3.63, 3.8) is 0 Å². The summed E-state index contributed by atoms with van der Waals surface area (Å²) in [4.78, 5) is 12.3. The molecule has 0 aliphatic heterocycles. The summed E-state index contributed by atoms with van der Waals surface area (Å²) in [6.45, 7) is 4.40. The number of nitrogens with one attached hydrogen (secondary N) is 1. The molecular weight excluding hydrogens is 234 g/mol. The number of rotatable bonds is 4. The largest absolute Gasteiger partial charge is 0.326 e. The average Bonchev–Trinajstić information content (AvgIpc) is 2.48. The zero-order chi connectivity index (χ0) is 13.7. The average molecular weight is 259 g/mol. The standard InChI is InChI=1S/C17H25NO/c1-3-13(2)15-11-7-8-12-16(15)18-17(19)14-9-5-4-6-10-14/h7-8,11-14H,3-6,9-10H2,1-2H3,(H,18,19)/t13-/m0/s1. The van der Waals surface area contributed by atoms with Crippen LogP contribution in [0, 0.1) is 5.92 Å². The highest BCUT2D eigenvalue weighted by molar-refractivity contribution is 5.93. The van der Waals surface area contributed by atoms with Crippen LogP contribution in [-0.4, -0.2) is 5.91 Å². The Morgan fingerprint density at radius 2 is 1.95 bits per heavy atom. The summed E-state index contributed by atoms with van der Waals surface area (Å²) in [6, 6.07) is 8.22. The van der Waals surface area contributed by atoms with Gasteiger partial charge in [-0.2, -0.15) is 0 Å². The molecule has 0 spiro atoms. The van der Waals surface area contributed by atoms with Gasteiger partial charge in [-0.25, -0.2) is 0 Å². The Kier molecular flexibility index (Phi) is 5.00. The fourth-order valence-electron chi connectivity index (χ4n) is 2.86. The van der Waals surface area contributed by atoms with E-state index in [1.165, 1.54) is 24.8 Å². The lowest BCUT2D eigenvalue weighted by molar-refractivity contribution is -0.120. The molecule has 1 atom stereocenters. The number of carbonyl (C=O) groups is 1. The molecule has 0 aromatic heterocycles. The summed E-state index contributed by atoms with van der Waals surface area (Å²) in [6.07, 6.45) is 6.88. The molecule has 1 aliphatic carbocycles. The third-order valence-corrected chi connectivity index (χ3v) is 4.34. The van der Waals surface area contributed by atoms with E-state index in [1.54, 1.807) is 0 Å². The van der Waals surface area contributed by atoms with Crippen LogP contribution in [-0.2, 0) is 4.79 Å². The van der Waals surface area contributed by atoms with Gasteiger partial charge in [0.1, 0.15) is 0 Å². The topological polar surface area (TPSA) is 29.1 Å². The number of hydrogen-bond acceptors (Lipinski definition) is 1. The van der Waals surface area contributed by atoms with Crippen LogP contribution in [0.3, 0.4) is 0 Å². The van der Waals surface area contributed by atoms with Gasteiger partial charge in [0.25, 0.3) is 0 Å². The second-order valence-corrected chi connectivity index (χ2v) is 5.72. The van der Waals surface area contributed by atoms with Gasteiger partial charge in [0, 0.05) is 11.6 Å². The van der Waals surface area contributed by atoms with Crippen LogP contribution in [0.25, 0.3) is 0 Å². The Labute approximate surface area is 116 Å². The van der Waals surface area contributed by atoms with Gasteiger partial charge in [-0.15, -0.1) is 0 Å². The van der Waals surface area contributed by atoms with Crippen molar-refractivity contribution in [3.8, 4) is 0 Å². The molecule has 1 amide bonds. The maximum atomic E-state index is 12.3. The van der Waals surface area contributed by atoms with E-state index in [2.05, 4.69) is 31.3 Å². The molecule has 0 unspecified atom stereocenters. The van der Waals surface area contributed by atoms with Crippen LogP contribution < -0.4 is 5.32 Å². The first-order valence-electron chi connectivity index (χ1n) is 7.62. The summed E-state index contributed by atoms with van der Waals surface area (Å²) < 4.78 is 0. The quantitative estimate of drug-likeness (QED) is 0.833. The van der Waals surface area contributed by atoms with Gasteiger partial charge >= 0.3 is 0 Å². The van der Waals surface area contributed by atoms with E-state index in [1.807, 2.05) is 12.1 Å². The summed E-state index contributed by atoms with van der Waals surface area (Å²) >= 11 is 0. The zero-order valence-corrected chi connectivity index (χ0v) is 12.1. The molecule has 1 aromatic carbocycles. The number of hydrogen-bond donors (Lipinski definition) is 1. The van der Waals surface area contributed by atoms with Crippen molar-refractivity contribution in [1.29, 1.82) is 0 Å². The van der Waals surface area contributed by atoms with Crippen LogP contribution in [0.2, 0.25) is 0 Å². The molecule has 2 heteroatoms. The second-order valence-electron chi connectivity index (χ2n) is 5.72. The molecule has 1 aromatic rings. The van der Waals surface area contributed by atoms with E-state index in [4.69, 9.17) is 0 Å². The maximum Gasteiger partial charge on any atom is 0.227 e. The van der Waals surface area contributed by atoms with E-state index < -0.39 is 0 Å². The molecule has 2 nitrogen and oxygen atoms in total. The normalized spacial score (nSPS) is 18.0. The zero-order valence-electron chi connectivity index (χ0n) is 12.1. The minimum atomic E-state index is 0.218. The van der Waals surface area contributed by atoms with Gasteiger partial charge in [0.15, 0.2) is 0 Å². The number of amides is 1. The summed E-state index contributed by atoms with van der Waals surface area (Å²) in [7, 11) is 0. The van der Waals surface area contributed by atoms with Crippen LogP contribution in [0.1, 0.15) is 63.9 Å². The highest BCUT2D eigenvalue weighted by Gasteiger charge is 2.22. The van der Waals surface area contributed by atoms with Crippen molar-refractivity contribution in [2.75, 3.05) is 5.32 Å². The number of carbonyl (C=O) groups excluding carboxylic acids is 1. The molecule has 1 saturated carbocycles. The molecule has 0 bridgehead atoms. The Hall–Kier alpha value is -1.31. The monoisotopic (exact) mass is 259 g/mol. The molecule has 19 heavy (non-hydrogen) atoms. The highest BCUT2D eigenvalue weighted by Crippen LogP contribution is 2.29. The molecule has 104 valence electrons. The molecule has 1 N–H and O–H groups in total. The van der Waals surface area contributed by atoms with Crippen molar-refractivity contribution in [1.82, 2.24) is 0 Å². The van der Waals surface area contributed by atoms with E-state index >= 15 is 0 Å². The van der Waals surface area contributed by atoms with Gasteiger partial charge < -0.3 is 5.32 Å². The van der Waals surface area contributed by atoms with E-state index in [0.717, 1.165) is 24.9 Å². The SMILES string of the molecule is CC[C@H](C)c1ccccc1NC(=O)C1CCCCC1. The van der Waals surface area contributed by atoms with E-state index in [0.29, 0.717) is 5.92 Å². The van der Waals surface area contributed by atoms with E-state index in [-0.39, 0.29) is 11.8 Å². The van der Waals surface area contributed by atoms with Gasteiger partial charge in [0.2, 0.25) is 5.91 Å². The van der Waals surface area contributed by atoms with Crippen molar-refractivity contribution >= 4 is 11.6 Å². The van der Waals surface area contributed by atoms with Crippen molar-refractivity contribution in [3.05, 3.63) is 29.8 Å². The first kappa shape index (κ1) is 14.1. The number of anilines is 1. The van der Waals surface area contributed by atoms with Crippen molar-refractivity contribution in [2.24, 2.45) is 5.92 Å². The first-order valence-corrected chi connectivity index (χ1v) is 7.62. The summed E-state index contributed by atoms with van der Waals surface area (Å²) in [5, 5.41) is 3.16. The predicted molar refractivity (Wildman–Crippen MR) is 80.4 cm³/mol. The molecule has 1 aliphatic rings. The van der Waals surface area contributed by atoms with Crippen LogP contribution in [0.5, 0.6) is 0 Å². The fourth-order valence-corrected chi connectivity index (χ4v) is 2.86. The molecule has 0 radical (unpaired) electrons. The molecule has 0 heterocycles. The third kappa shape index (κ3) is 3.59. The van der Waals surface area contributed by atoms with Crippen molar-refractivity contribution < 1.29 is 4.79 Å². The molecule has 0 saturated heterocycles. The van der Waals surface area contributed by atoms with Crippen LogP contribution >= 0.6 is 0 Å².